The maximum Gasteiger partial charge on any atom is 0.319 e. The lowest BCUT2D eigenvalue weighted by atomic mass is 10.3. The van der Waals surface area contributed by atoms with Gasteiger partial charge in [0.2, 0.25) is 0 Å². The molecule has 0 bridgehead atoms. The van der Waals surface area contributed by atoms with Gasteiger partial charge in [0.05, 0.1) is 23.5 Å². The largest absolute Gasteiger partial charge is 0.486 e. The number of hydrogen-bond donors (Lipinski definition) is 2. The number of nitrogens with one attached hydrogen (secondary N) is 2. The first-order chi connectivity index (χ1) is 12.2. The van der Waals surface area contributed by atoms with Crippen LogP contribution in [0.2, 0.25) is 5.02 Å². The van der Waals surface area contributed by atoms with E-state index >= 15 is 0 Å². The molecule has 7 heteroatoms. The zero-order valence-corrected chi connectivity index (χ0v) is 14.0. The number of carbonyl (C=O) groups is 1. The molecular formula is C18H16ClN3O3. The number of rotatable bonds is 6. The summed E-state index contributed by atoms with van der Waals surface area (Å²) in [5, 5.41) is 5.79. The zero-order chi connectivity index (χ0) is 17.5. The molecule has 0 saturated heterocycles. The van der Waals surface area contributed by atoms with Crippen molar-refractivity contribution in [2.24, 2.45) is 0 Å². The third-order valence-electron chi connectivity index (χ3n) is 3.29. The minimum absolute atomic E-state index is 0.303. The fraction of sp³-hybridized carbons (Fsp3) is 0.111. The van der Waals surface area contributed by atoms with E-state index in [1.807, 2.05) is 18.2 Å². The van der Waals surface area contributed by atoms with Gasteiger partial charge >= 0.3 is 6.03 Å². The van der Waals surface area contributed by atoms with Gasteiger partial charge in [-0.05, 0) is 42.5 Å². The molecule has 0 fully saturated rings. The van der Waals surface area contributed by atoms with Gasteiger partial charge in [-0.2, -0.15) is 0 Å². The number of carbonyl (C=O) groups excluding carboxylic acids is 1. The summed E-state index contributed by atoms with van der Waals surface area (Å²) in [5.74, 6) is 1.19. The Morgan fingerprint density at radius 3 is 2.84 bits per heavy atom. The average molecular weight is 358 g/mol. The highest BCUT2D eigenvalue weighted by atomic mass is 35.5. The van der Waals surface area contributed by atoms with Crippen LogP contribution in [0.1, 0.15) is 11.5 Å². The van der Waals surface area contributed by atoms with E-state index in [4.69, 9.17) is 20.8 Å². The summed E-state index contributed by atoms with van der Waals surface area (Å²) in [6, 6.07) is 13.8. The van der Waals surface area contributed by atoms with E-state index in [1.165, 1.54) is 0 Å². The second-order valence-corrected chi connectivity index (χ2v) is 5.55. The molecule has 2 aromatic heterocycles. The van der Waals surface area contributed by atoms with Crippen LogP contribution in [0.3, 0.4) is 0 Å². The van der Waals surface area contributed by atoms with Gasteiger partial charge in [0, 0.05) is 11.9 Å². The van der Waals surface area contributed by atoms with Gasteiger partial charge in [-0.1, -0.05) is 17.7 Å². The average Bonchev–Trinajstić information content (AvgIpc) is 3.14. The van der Waals surface area contributed by atoms with Crippen LogP contribution >= 0.6 is 11.6 Å². The van der Waals surface area contributed by atoms with Crippen molar-refractivity contribution in [3.63, 3.8) is 0 Å². The SMILES string of the molecule is O=C(NCc1ccco1)Nc1ccc(OCc2ccccn2)c(Cl)c1. The number of benzene rings is 1. The normalized spacial score (nSPS) is 10.3. The van der Waals surface area contributed by atoms with E-state index in [0.717, 1.165) is 5.69 Å². The summed E-state index contributed by atoms with van der Waals surface area (Å²) < 4.78 is 10.8. The third kappa shape index (κ3) is 4.99. The molecular weight excluding hydrogens is 342 g/mol. The number of amides is 2. The van der Waals surface area contributed by atoms with Crippen LogP contribution in [0.4, 0.5) is 10.5 Å². The first kappa shape index (κ1) is 16.9. The van der Waals surface area contributed by atoms with Gasteiger partial charge in [-0.15, -0.1) is 0 Å². The van der Waals surface area contributed by atoms with Crippen molar-refractivity contribution in [3.05, 3.63) is 77.5 Å². The van der Waals surface area contributed by atoms with Crippen molar-refractivity contribution in [1.82, 2.24) is 10.3 Å². The Balaban J connectivity index is 1.53. The fourth-order valence-corrected chi connectivity index (χ4v) is 2.32. The van der Waals surface area contributed by atoms with E-state index in [1.54, 1.807) is 42.8 Å². The topological polar surface area (TPSA) is 76.4 Å². The Morgan fingerprint density at radius 2 is 2.12 bits per heavy atom. The van der Waals surface area contributed by atoms with Crippen molar-refractivity contribution in [1.29, 1.82) is 0 Å². The van der Waals surface area contributed by atoms with Gasteiger partial charge in [0.25, 0.3) is 0 Å². The first-order valence-corrected chi connectivity index (χ1v) is 7.98. The standard InChI is InChI=1S/C18H16ClN3O3/c19-16-10-13(22-18(23)21-11-15-5-3-9-24-15)6-7-17(16)25-12-14-4-1-2-8-20-14/h1-10H,11-12H2,(H2,21,22,23). The Labute approximate surface area is 149 Å². The molecule has 0 aliphatic carbocycles. The molecule has 128 valence electrons. The minimum Gasteiger partial charge on any atom is -0.486 e. The van der Waals surface area contributed by atoms with E-state index in [-0.39, 0.29) is 6.03 Å². The smallest absolute Gasteiger partial charge is 0.319 e. The lowest BCUT2D eigenvalue weighted by Gasteiger charge is -2.10. The predicted octanol–water partition coefficient (Wildman–Crippen LogP) is 4.23. The molecule has 2 amide bonds. The minimum atomic E-state index is -0.352. The highest BCUT2D eigenvalue weighted by Crippen LogP contribution is 2.28. The second-order valence-electron chi connectivity index (χ2n) is 5.14. The van der Waals surface area contributed by atoms with Crippen LogP contribution < -0.4 is 15.4 Å². The lowest BCUT2D eigenvalue weighted by molar-refractivity contribution is 0.251. The molecule has 0 saturated carbocycles. The molecule has 1 aromatic carbocycles. The summed E-state index contributed by atoms with van der Waals surface area (Å²) in [7, 11) is 0. The summed E-state index contributed by atoms with van der Waals surface area (Å²) in [6.45, 7) is 0.620. The molecule has 25 heavy (non-hydrogen) atoms. The Morgan fingerprint density at radius 1 is 1.20 bits per heavy atom. The van der Waals surface area contributed by atoms with Crippen LogP contribution in [-0.4, -0.2) is 11.0 Å². The number of urea groups is 1. The summed E-state index contributed by atoms with van der Waals surface area (Å²) >= 11 is 6.21. The molecule has 0 aliphatic rings. The molecule has 3 rings (SSSR count). The highest BCUT2D eigenvalue weighted by Gasteiger charge is 2.07. The Hall–Kier alpha value is -2.99. The maximum atomic E-state index is 11.9. The summed E-state index contributed by atoms with van der Waals surface area (Å²) in [4.78, 5) is 16.0. The predicted molar refractivity (Wildman–Crippen MR) is 94.6 cm³/mol. The summed E-state index contributed by atoms with van der Waals surface area (Å²) in [6.07, 6.45) is 3.26. The Kier molecular flexibility index (Phi) is 5.53. The maximum absolute atomic E-state index is 11.9. The quantitative estimate of drug-likeness (QED) is 0.692. The number of halogens is 1. The van der Waals surface area contributed by atoms with Crippen molar-refractivity contribution in [2.45, 2.75) is 13.2 Å². The third-order valence-corrected chi connectivity index (χ3v) is 3.59. The van der Waals surface area contributed by atoms with Gasteiger partial charge in [-0.3, -0.25) is 4.98 Å². The van der Waals surface area contributed by atoms with Crippen molar-refractivity contribution in [2.75, 3.05) is 5.32 Å². The number of aromatic nitrogens is 1. The van der Waals surface area contributed by atoms with Gasteiger partial charge in [0.1, 0.15) is 18.1 Å². The second kappa shape index (κ2) is 8.21. The van der Waals surface area contributed by atoms with Crippen molar-refractivity contribution < 1.29 is 13.9 Å². The zero-order valence-electron chi connectivity index (χ0n) is 13.2. The molecule has 3 aromatic rings. The molecule has 0 atom stereocenters. The van der Waals surface area contributed by atoms with E-state index in [2.05, 4.69) is 15.6 Å². The molecule has 0 spiro atoms. The van der Waals surface area contributed by atoms with Crippen LogP contribution in [0.25, 0.3) is 0 Å². The number of furan rings is 1. The molecule has 0 radical (unpaired) electrons. The highest BCUT2D eigenvalue weighted by molar-refractivity contribution is 6.32. The number of hydrogen-bond acceptors (Lipinski definition) is 4. The van der Waals surface area contributed by atoms with Gasteiger partial charge in [0.15, 0.2) is 0 Å². The van der Waals surface area contributed by atoms with Crippen LogP contribution in [0.15, 0.2) is 65.4 Å². The molecule has 2 N–H and O–H groups in total. The van der Waals surface area contributed by atoms with E-state index in [0.29, 0.717) is 35.4 Å². The van der Waals surface area contributed by atoms with E-state index in [9.17, 15) is 4.79 Å². The van der Waals surface area contributed by atoms with Crippen LogP contribution in [0.5, 0.6) is 5.75 Å². The van der Waals surface area contributed by atoms with Crippen molar-refractivity contribution >= 4 is 23.3 Å². The number of nitrogens with zero attached hydrogens (tertiary/aromatic N) is 1. The monoisotopic (exact) mass is 357 g/mol. The molecule has 0 aliphatic heterocycles. The molecule has 6 nitrogen and oxygen atoms in total. The molecule has 0 unspecified atom stereocenters. The van der Waals surface area contributed by atoms with Crippen LogP contribution in [0, 0.1) is 0 Å². The molecule has 2 heterocycles. The number of anilines is 1. The number of pyridine rings is 1. The lowest BCUT2D eigenvalue weighted by Crippen LogP contribution is -2.27. The van der Waals surface area contributed by atoms with Crippen LogP contribution in [-0.2, 0) is 13.2 Å². The van der Waals surface area contributed by atoms with Gasteiger partial charge < -0.3 is 19.8 Å². The van der Waals surface area contributed by atoms with Crippen molar-refractivity contribution in [3.8, 4) is 5.75 Å². The van der Waals surface area contributed by atoms with Gasteiger partial charge in [-0.25, -0.2) is 4.79 Å². The number of ether oxygens (including phenoxy) is 1. The fourth-order valence-electron chi connectivity index (χ4n) is 2.09. The van der Waals surface area contributed by atoms with E-state index < -0.39 is 0 Å². The first-order valence-electron chi connectivity index (χ1n) is 7.60. The Bertz CT molecular complexity index is 823. The summed E-state index contributed by atoms with van der Waals surface area (Å²) in [5.41, 5.74) is 1.37.